The third-order valence-corrected chi connectivity index (χ3v) is 13.9. The number of unbranched alkanes of at least 4 members (excludes halogenated alkanes) is 36. The van der Waals surface area contributed by atoms with Crippen molar-refractivity contribution in [1.82, 2.24) is 0 Å². The molecule has 13 heteroatoms. The van der Waals surface area contributed by atoms with Crippen LogP contribution in [0.25, 0.3) is 0 Å². The van der Waals surface area contributed by atoms with Gasteiger partial charge in [0.2, 0.25) is 0 Å². The molecule has 392 valence electrons. The summed E-state index contributed by atoms with van der Waals surface area (Å²) in [4.78, 5) is 25.6. The van der Waals surface area contributed by atoms with Crippen LogP contribution in [0.1, 0.15) is 271 Å². The summed E-state index contributed by atoms with van der Waals surface area (Å²) in [5.41, 5.74) is 0. The summed E-state index contributed by atoms with van der Waals surface area (Å²) in [6, 6.07) is 0. The minimum Gasteiger partial charge on any atom is -0.462 e. The maximum absolute atomic E-state index is 12.9. The summed E-state index contributed by atoms with van der Waals surface area (Å²) in [7, 11) is -4.60. The largest absolute Gasteiger partial charge is 0.462 e. The SMILES string of the molecule is CCCCCCCCCCCCCCCCCCCCCCCC(=O)O[C@H](COC(=O)CCCCCCCCCCCCCCCCCCC)CO[C@H]1O[C@H](CS(=O)(=O)O)[C@@H](O)C(O)C1O. The van der Waals surface area contributed by atoms with Crippen molar-refractivity contribution in [3.8, 4) is 0 Å². The van der Waals surface area contributed by atoms with Crippen molar-refractivity contribution in [2.75, 3.05) is 19.0 Å². The lowest BCUT2D eigenvalue weighted by molar-refractivity contribution is -0.297. The lowest BCUT2D eigenvalue weighted by Gasteiger charge is -2.40. The zero-order valence-electron chi connectivity index (χ0n) is 42.3. The van der Waals surface area contributed by atoms with Crippen molar-refractivity contribution in [2.45, 2.75) is 307 Å². The van der Waals surface area contributed by atoms with Crippen LogP contribution in [0.3, 0.4) is 0 Å². The predicted octanol–water partition coefficient (Wildman–Crippen LogP) is 12.8. The molecule has 1 fully saturated rings. The topological polar surface area (TPSA) is 186 Å². The van der Waals surface area contributed by atoms with E-state index in [0.29, 0.717) is 12.8 Å². The van der Waals surface area contributed by atoms with Gasteiger partial charge >= 0.3 is 11.9 Å². The number of hydrogen-bond donors (Lipinski definition) is 4. The fraction of sp³-hybridized carbons (Fsp3) is 0.962. The summed E-state index contributed by atoms with van der Waals surface area (Å²) in [6.45, 7) is 3.83. The molecule has 0 saturated carbocycles. The Hall–Kier alpha value is -1.35. The van der Waals surface area contributed by atoms with Crippen LogP contribution in [0.15, 0.2) is 0 Å². The highest BCUT2D eigenvalue weighted by Crippen LogP contribution is 2.24. The minimum absolute atomic E-state index is 0.173. The van der Waals surface area contributed by atoms with Gasteiger partial charge in [0, 0.05) is 12.8 Å². The minimum atomic E-state index is -4.60. The van der Waals surface area contributed by atoms with E-state index in [1.54, 1.807) is 0 Å². The van der Waals surface area contributed by atoms with E-state index in [0.717, 1.165) is 38.5 Å². The highest BCUT2D eigenvalue weighted by Gasteiger charge is 2.46. The summed E-state index contributed by atoms with van der Waals surface area (Å²) < 4.78 is 54.3. The molecule has 0 aromatic carbocycles. The lowest BCUT2D eigenvalue weighted by atomic mass is 10.00. The maximum atomic E-state index is 12.9. The van der Waals surface area contributed by atoms with Crippen LogP contribution in [0, 0.1) is 0 Å². The van der Waals surface area contributed by atoms with Gasteiger partial charge in [-0.1, -0.05) is 245 Å². The Morgan fingerprint density at radius 2 is 0.773 bits per heavy atom. The third kappa shape index (κ3) is 37.5. The summed E-state index contributed by atoms with van der Waals surface area (Å²) >= 11 is 0. The van der Waals surface area contributed by atoms with Crippen LogP contribution in [0.4, 0.5) is 0 Å². The van der Waals surface area contributed by atoms with Crippen LogP contribution < -0.4 is 0 Å². The highest BCUT2D eigenvalue weighted by atomic mass is 32.2. The highest BCUT2D eigenvalue weighted by molar-refractivity contribution is 7.85. The third-order valence-electron chi connectivity index (χ3n) is 13.2. The normalized spacial score (nSPS) is 19.3. The van der Waals surface area contributed by atoms with Crippen molar-refractivity contribution in [3.63, 3.8) is 0 Å². The molecule has 1 rings (SSSR count). The van der Waals surface area contributed by atoms with Gasteiger partial charge in [0.05, 0.1) is 6.61 Å². The number of carbonyl (C=O) groups is 2. The molecule has 0 bridgehead atoms. The van der Waals surface area contributed by atoms with E-state index in [-0.39, 0.29) is 19.4 Å². The quantitative estimate of drug-likeness (QED) is 0.0257. The van der Waals surface area contributed by atoms with Gasteiger partial charge in [-0.25, -0.2) is 0 Å². The van der Waals surface area contributed by atoms with Crippen LogP contribution in [-0.2, 0) is 38.7 Å². The fourth-order valence-corrected chi connectivity index (χ4v) is 9.61. The molecule has 1 aliphatic rings. The van der Waals surface area contributed by atoms with Crippen LogP contribution in [-0.4, -0.2) is 96.0 Å². The van der Waals surface area contributed by atoms with Crippen molar-refractivity contribution in [1.29, 1.82) is 0 Å². The number of esters is 2. The number of hydrogen-bond acceptors (Lipinski definition) is 11. The number of aliphatic hydroxyl groups is 3. The molecule has 1 saturated heterocycles. The molecule has 0 amide bonds. The fourth-order valence-electron chi connectivity index (χ4n) is 8.92. The molecule has 0 radical (unpaired) electrons. The molecule has 1 aliphatic heterocycles. The van der Waals surface area contributed by atoms with E-state index < -0.39 is 71.2 Å². The molecule has 4 N–H and O–H groups in total. The van der Waals surface area contributed by atoms with Crippen molar-refractivity contribution in [2.24, 2.45) is 0 Å². The van der Waals surface area contributed by atoms with Crippen LogP contribution in [0.2, 0.25) is 0 Å². The Balaban J connectivity index is 2.32. The summed E-state index contributed by atoms with van der Waals surface area (Å²) in [5, 5.41) is 31.0. The second-order valence-corrected chi connectivity index (χ2v) is 21.1. The van der Waals surface area contributed by atoms with Gasteiger partial charge in [-0.2, -0.15) is 8.42 Å². The molecule has 0 aliphatic carbocycles. The zero-order chi connectivity index (χ0) is 48.4. The number of ether oxygens (including phenoxy) is 4. The van der Waals surface area contributed by atoms with E-state index in [4.69, 9.17) is 18.9 Å². The van der Waals surface area contributed by atoms with E-state index in [2.05, 4.69) is 13.8 Å². The van der Waals surface area contributed by atoms with Gasteiger partial charge in [0.25, 0.3) is 10.1 Å². The Bertz CT molecular complexity index is 1220. The summed E-state index contributed by atoms with van der Waals surface area (Å²) in [6.07, 6.45) is 38.6. The predicted molar refractivity (Wildman–Crippen MR) is 266 cm³/mol. The monoisotopic (exact) mass is 963 g/mol. The van der Waals surface area contributed by atoms with Gasteiger partial charge in [0.1, 0.15) is 36.8 Å². The first kappa shape index (κ1) is 62.7. The molecule has 1 heterocycles. The zero-order valence-corrected chi connectivity index (χ0v) is 43.1. The Labute approximate surface area is 403 Å². The molecule has 0 aromatic heterocycles. The standard InChI is InChI=1S/C53H102O12S/c1-3-5-7-9-11-13-15-17-19-21-22-23-24-26-28-30-32-34-36-38-40-42-49(55)64-46(44-63-53-52(58)51(57)50(56)47(65-53)45-66(59,60)61)43-62-48(54)41-39-37-35-33-31-29-27-25-20-18-16-14-12-10-8-6-4-2/h46-47,50-53,56-58H,3-45H2,1-2H3,(H,59,60,61)/t46-,47-,50-,51?,52?,53+/m1/s1. The number of carbonyl (C=O) groups excluding carboxylic acids is 2. The molecule has 0 aromatic rings. The second kappa shape index (κ2) is 43.7. The molecule has 0 spiro atoms. The maximum Gasteiger partial charge on any atom is 0.306 e. The van der Waals surface area contributed by atoms with Gasteiger partial charge in [0.15, 0.2) is 12.4 Å². The molecule has 66 heavy (non-hydrogen) atoms. The number of rotatable bonds is 48. The average molecular weight is 963 g/mol. The van der Waals surface area contributed by atoms with Gasteiger partial charge in [-0.15, -0.1) is 0 Å². The Morgan fingerprint density at radius 3 is 1.11 bits per heavy atom. The molecule has 12 nitrogen and oxygen atoms in total. The average Bonchev–Trinajstić information content (AvgIpc) is 3.28. The van der Waals surface area contributed by atoms with Crippen molar-refractivity contribution >= 4 is 22.1 Å². The lowest BCUT2D eigenvalue weighted by Crippen LogP contribution is -2.60. The van der Waals surface area contributed by atoms with Crippen LogP contribution >= 0.6 is 0 Å². The Morgan fingerprint density at radius 1 is 0.455 bits per heavy atom. The second-order valence-electron chi connectivity index (χ2n) is 19.6. The number of aliphatic hydroxyl groups excluding tert-OH is 3. The van der Waals surface area contributed by atoms with Gasteiger partial charge in [-0.3, -0.25) is 14.1 Å². The van der Waals surface area contributed by atoms with E-state index in [1.165, 1.54) is 193 Å². The van der Waals surface area contributed by atoms with Crippen molar-refractivity contribution < 1.29 is 56.8 Å². The first-order valence-electron chi connectivity index (χ1n) is 27.6. The van der Waals surface area contributed by atoms with Gasteiger partial charge < -0.3 is 34.3 Å². The van der Waals surface area contributed by atoms with Crippen molar-refractivity contribution in [3.05, 3.63) is 0 Å². The summed E-state index contributed by atoms with van der Waals surface area (Å²) in [5.74, 6) is -1.95. The molecular weight excluding hydrogens is 861 g/mol. The Kier molecular flexibility index (Phi) is 41.4. The molecule has 6 atom stereocenters. The molecule has 2 unspecified atom stereocenters. The first-order chi connectivity index (χ1) is 32.0. The van der Waals surface area contributed by atoms with E-state index in [9.17, 15) is 37.9 Å². The smallest absolute Gasteiger partial charge is 0.306 e. The van der Waals surface area contributed by atoms with E-state index in [1.807, 2.05) is 0 Å². The van der Waals surface area contributed by atoms with Gasteiger partial charge in [-0.05, 0) is 12.8 Å². The van der Waals surface area contributed by atoms with E-state index >= 15 is 0 Å². The first-order valence-corrected chi connectivity index (χ1v) is 29.2. The molecular formula is C53H102O12S. The van der Waals surface area contributed by atoms with Crippen LogP contribution in [0.5, 0.6) is 0 Å².